The van der Waals surface area contributed by atoms with E-state index in [1.807, 2.05) is 59.3 Å². The van der Waals surface area contributed by atoms with E-state index in [0.29, 0.717) is 43.6 Å². The first kappa shape index (κ1) is 44.2. The van der Waals surface area contributed by atoms with Crippen molar-refractivity contribution >= 4 is 29.3 Å². The number of anilines is 1. The summed E-state index contributed by atoms with van der Waals surface area (Å²) < 4.78 is 43.1. The molecule has 0 spiro atoms. The Morgan fingerprint density at radius 2 is 1.70 bits per heavy atom. The predicted octanol–water partition coefficient (Wildman–Crippen LogP) is 5.86. The number of carbonyl (C=O) groups is 4. The number of rotatable bonds is 10. The first-order valence-corrected chi connectivity index (χ1v) is 20.5. The minimum absolute atomic E-state index is 0.112. The highest BCUT2D eigenvalue weighted by Gasteiger charge is 2.61. The minimum atomic E-state index is -3.04. The first-order chi connectivity index (χ1) is 26.8. The molecule has 0 bridgehead atoms. The molecule has 14 nitrogen and oxygen atoms in total. The summed E-state index contributed by atoms with van der Waals surface area (Å²) in [4.78, 5) is 59.7. The summed E-state index contributed by atoms with van der Waals surface area (Å²) >= 11 is 0. The third-order valence-corrected chi connectivity index (χ3v) is 12.4. The maximum Gasteiger partial charge on any atom is 0.410 e. The van der Waals surface area contributed by atoms with Crippen LogP contribution in [0.5, 0.6) is 0 Å². The van der Waals surface area contributed by atoms with Crippen molar-refractivity contribution in [1.82, 2.24) is 24.8 Å². The van der Waals surface area contributed by atoms with E-state index in [-0.39, 0.29) is 30.9 Å². The molecule has 2 aromatic rings. The van der Waals surface area contributed by atoms with Crippen molar-refractivity contribution < 1.29 is 42.5 Å². The van der Waals surface area contributed by atoms with E-state index in [1.54, 1.807) is 38.4 Å². The van der Waals surface area contributed by atoms with Gasteiger partial charge in [-0.05, 0) is 85.0 Å². The number of cyclic esters (lactones) is 1. The average molecular weight is 799 g/mol. The third kappa shape index (κ3) is 9.52. The fourth-order valence-electron chi connectivity index (χ4n) is 9.21. The Bertz CT molecular complexity index is 1750. The fraction of sp³-hybridized carbons (Fsp3) is 0.714. The van der Waals surface area contributed by atoms with Crippen molar-refractivity contribution in [2.75, 3.05) is 26.4 Å². The number of ether oxygens (including phenoxy) is 4. The number of benzene rings is 1. The molecule has 0 aliphatic carbocycles. The maximum atomic E-state index is 16.7. The highest BCUT2D eigenvalue weighted by atomic mass is 19.1. The molecule has 2 N–H and O–H groups in total. The number of nitrogen functional groups attached to an aromatic ring is 1. The van der Waals surface area contributed by atoms with E-state index in [9.17, 15) is 19.2 Å². The second-order valence-corrected chi connectivity index (χ2v) is 17.2. The molecule has 0 saturated carbocycles. The molecule has 0 radical (unpaired) electrons. The summed E-state index contributed by atoms with van der Waals surface area (Å²) in [5.41, 5.74) is 3.53. The number of unbranched alkanes of at least 4 members (excludes halogenated alkanes) is 1. The molecular formula is C42H63FN6O8. The van der Waals surface area contributed by atoms with Gasteiger partial charge in [0.25, 0.3) is 5.67 Å². The Morgan fingerprint density at radius 1 is 1.00 bits per heavy atom. The van der Waals surface area contributed by atoms with E-state index < -0.39 is 77.3 Å². The lowest BCUT2D eigenvalue weighted by molar-refractivity contribution is -0.237. The van der Waals surface area contributed by atoms with Gasteiger partial charge in [0.05, 0.1) is 24.4 Å². The normalized spacial score (nSPS) is 35.8. The second kappa shape index (κ2) is 17.9. The standard InChI is InChI=1S/C42H63FN6O8/c1-11-33-42(8)37(49(40(53)57-42)18-13-12-17-48-23-32(45-46-48)29-15-14-16-30(44)21-29)27(5)35(50)24(2)19-25(3)36(28(6)38(51)41(7,43)39(52)55-33)56-34-22-31(47(9)10)20-26(4)54-34/h14-16,21,23-28,31,33-34,36-37H,11-13,17-20,22,44H2,1-10H3/t24-,25+,26-,27+,28-,31+,33-,34+,36+,37-,41+,42-/m1/s1. The Morgan fingerprint density at radius 3 is 2.37 bits per heavy atom. The SMILES string of the molecule is CC[C@H]1OC(=O)[C@@](C)(F)C(=O)[C@H](C)[C@@H](O[C@H]2C[C@@H](N(C)C)C[C@@H](C)O2)[C@@H](C)C[C@@H](C)C(=O)[C@H](C)[C@H]2N(CCCCn3cc(-c4cccc(N)c4)nn3)C(=O)O[C@]12C. The summed E-state index contributed by atoms with van der Waals surface area (Å²) in [6.07, 6.45) is 1.26. The molecule has 57 heavy (non-hydrogen) atoms. The Balaban J connectivity index is 1.39. The van der Waals surface area contributed by atoms with E-state index >= 15 is 4.39 Å². The van der Waals surface area contributed by atoms with Crippen LogP contribution in [-0.4, -0.2) is 117 Å². The number of hydrogen-bond donors (Lipinski definition) is 1. The van der Waals surface area contributed by atoms with Gasteiger partial charge in [-0.1, -0.05) is 52.0 Å². The van der Waals surface area contributed by atoms with Crippen molar-refractivity contribution in [2.24, 2.45) is 23.7 Å². The second-order valence-electron chi connectivity index (χ2n) is 17.2. The van der Waals surface area contributed by atoms with Gasteiger partial charge in [-0.3, -0.25) is 14.3 Å². The van der Waals surface area contributed by atoms with Crippen LogP contribution in [0.3, 0.4) is 0 Å². The Kier molecular flexibility index (Phi) is 13.9. The molecule has 3 aliphatic rings. The molecule has 5 rings (SSSR count). The number of aryl methyl sites for hydroxylation is 1. The molecule has 316 valence electrons. The number of esters is 1. The van der Waals surface area contributed by atoms with Crippen LogP contribution in [0, 0.1) is 23.7 Å². The van der Waals surface area contributed by atoms with Crippen LogP contribution in [0.15, 0.2) is 30.5 Å². The largest absolute Gasteiger partial charge is 0.455 e. The monoisotopic (exact) mass is 798 g/mol. The molecule has 3 fully saturated rings. The van der Waals surface area contributed by atoms with Crippen molar-refractivity contribution in [3.8, 4) is 11.3 Å². The number of fused-ring (bicyclic) bond motifs is 1. The first-order valence-electron chi connectivity index (χ1n) is 20.5. The summed E-state index contributed by atoms with van der Waals surface area (Å²) in [5, 5.41) is 8.52. The number of nitrogens with zero attached hydrogens (tertiary/aromatic N) is 5. The minimum Gasteiger partial charge on any atom is -0.455 e. The molecule has 3 aliphatic heterocycles. The lowest BCUT2D eigenvalue weighted by Crippen LogP contribution is -2.59. The van der Waals surface area contributed by atoms with Crippen molar-refractivity contribution in [2.45, 2.75) is 148 Å². The predicted molar refractivity (Wildman–Crippen MR) is 211 cm³/mol. The highest BCUT2D eigenvalue weighted by molar-refractivity contribution is 6.07. The Hall–Kier alpha value is -3.95. The average Bonchev–Trinajstić information content (AvgIpc) is 3.73. The van der Waals surface area contributed by atoms with Gasteiger partial charge in [-0.2, -0.15) is 0 Å². The molecule has 1 amide bonds. The van der Waals surface area contributed by atoms with Crippen molar-refractivity contribution in [1.29, 1.82) is 0 Å². The van der Waals surface area contributed by atoms with Gasteiger partial charge in [0.2, 0.25) is 0 Å². The van der Waals surface area contributed by atoms with Crippen LogP contribution in [-0.2, 0) is 39.9 Å². The van der Waals surface area contributed by atoms with Gasteiger partial charge in [0.15, 0.2) is 17.7 Å². The van der Waals surface area contributed by atoms with Gasteiger partial charge in [0.1, 0.15) is 17.6 Å². The number of ketones is 2. The number of hydrogen-bond acceptors (Lipinski definition) is 12. The number of aromatic nitrogens is 3. The van der Waals surface area contributed by atoms with Gasteiger partial charge in [-0.25, -0.2) is 14.0 Å². The topological polar surface area (TPSA) is 168 Å². The van der Waals surface area contributed by atoms with Crippen molar-refractivity contribution in [3.05, 3.63) is 30.5 Å². The van der Waals surface area contributed by atoms with Crippen LogP contribution in [0.1, 0.15) is 93.9 Å². The molecule has 1 aromatic heterocycles. The van der Waals surface area contributed by atoms with Crippen LogP contribution in [0.2, 0.25) is 0 Å². The summed E-state index contributed by atoms with van der Waals surface area (Å²) in [5.74, 6) is -5.28. The molecule has 1 aromatic carbocycles. The van der Waals surface area contributed by atoms with E-state index in [2.05, 4.69) is 15.2 Å². The van der Waals surface area contributed by atoms with Crippen LogP contribution >= 0.6 is 0 Å². The van der Waals surface area contributed by atoms with Gasteiger partial charge in [0, 0.05) is 54.6 Å². The van der Waals surface area contributed by atoms with Gasteiger partial charge < -0.3 is 34.5 Å². The zero-order chi connectivity index (χ0) is 42.0. The highest BCUT2D eigenvalue weighted by Crippen LogP contribution is 2.42. The summed E-state index contributed by atoms with van der Waals surface area (Å²) in [6, 6.07) is 6.69. The van der Waals surface area contributed by atoms with E-state index in [1.165, 1.54) is 4.90 Å². The van der Waals surface area contributed by atoms with E-state index in [4.69, 9.17) is 24.7 Å². The molecule has 0 unspecified atom stereocenters. The maximum absolute atomic E-state index is 16.7. The van der Waals surface area contributed by atoms with Gasteiger partial charge >= 0.3 is 12.1 Å². The van der Waals surface area contributed by atoms with Crippen molar-refractivity contribution in [3.63, 3.8) is 0 Å². The quantitative estimate of drug-likeness (QED) is 0.132. The summed E-state index contributed by atoms with van der Waals surface area (Å²) in [7, 11) is 3.97. The third-order valence-electron chi connectivity index (χ3n) is 12.4. The fourth-order valence-corrected chi connectivity index (χ4v) is 9.21. The lowest BCUT2D eigenvalue weighted by atomic mass is 9.74. The smallest absolute Gasteiger partial charge is 0.410 e. The molecule has 15 heteroatoms. The molecule has 4 heterocycles. The van der Waals surface area contributed by atoms with Gasteiger partial charge in [-0.15, -0.1) is 5.10 Å². The summed E-state index contributed by atoms with van der Waals surface area (Å²) in [6.45, 7) is 14.0. The zero-order valence-electron chi connectivity index (χ0n) is 35.3. The Labute approximate surface area is 336 Å². The molecular weight excluding hydrogens is 735 g/mol. The van der Waals surface area contributed by atoms with E-state index in [0.717, 1.165) is 18.9 Å². The lowest BCUT2D eigenvalue weighted by Gasteiger charge is -2.42. The molecule has 12 atom stereocenters. The van der Waals surface area contributed by atoms with Crippen LogP contribution in [0.25, 0.3) is 11.3 Å². The number of halogens is 1. The number of Topliss-reactive ketones (excluding diaryl/α,β-unsaturated/α-hetero) is 2. The number of carbonyl (C=O) groups excluding carboxylic acids is 4. The zero-order valence-corrected chi connectivity index (χ0v) is 35.3. The van der Waals surface area contributed by atoms with Crippen LogP contribution in [0.4, 0.5) is 14.9 Å². The number of amides is 1. The molecule has 3 saturated heterocycles. The van der Waals surface area contributed by atoms with Crippen LogP contribution < -0.4 is 5.73 Å². The number of alkyl halides is 1. The number of nitrogens with two attached hydrogens (primary N) is 1.